The summed E-state index contributed by atoms with van der Waals surface area (Å²) in [7, 11) is 0. The van der Waals surface area contributed by atoms with Crippen LogP contribution < -0.4 is 5.73 Å². The second-order valence-corrected chi connectivity index (χ2v) is 7.43. The third kappa shape index (κ3) is 3.68. The van der Waals surface area contributed by atoms with Gasteiger partial charge in [-0.25, -0.2) is 4.39 Å². The Morgan fingerprint density at radius 1 is 1.32 bits per heavy atom. The van der Waals surface area contributed by atoms with Crippen molar-refractivity contribution in [3.05, 3.63) is 41.5 Å². The van der Waals surface area contributed by atoms with Crippen LogP contribution in [0.4, 0.5) is 4.39 Å². The Morgan fingerprint density at radius 2 is 2.04 bits per heavy atom. The van der Waals surface area contributed by atoms with Gasteiger partial charge in [-0.3, -0.25) is 4.79 Å². The number of likely N-dealkylation sites (tertiary alicyclic amines) is 1. The Morgan fingerprint density at radius 3 is 2.68 bits per heavy atom. The van der Waals surface area contributed by atoms with Crippen molar-refractivity contribution in [1.82, 2.24) is 25.1 Å². The van der Waals surface area contributed by atoms with Crippen LogP contribution in [0.2, 0.25) is 0 Å². The first-order valence-corrected chi connectivity index (χ1v) is 8.33. The predicted molar refractivity (Wildman–Crippen MR) is 90.2 cm³/mol. The first-order chi connectivity index (χ1) is 11.8. The largest absolute Gasteiger partial charge is 0.340 e. The minimum absolute atomic E-state index is 0.0623. The molecule has 1 aliphatic heterocycles. The lowest BCUT2D eigenvalue weighted by Crippen LogP contribution is -2.33. The van der Waals surface area contributed by atoms with E-state index < -0.39 is 0 Å². The second-order valence-electron chi connectivity index (χ2n) is 7.43. The molecule has 1 aromatic carbocycles. The highest BCUT2D eigenvalue weighted by Gasteiger charge is 2.35. The van der Waals surface area contributed by atoms with Crippen molar-refractivity contribution in [2.75, 3.05) is 13.1 Å². The monoisotopic (exact) mass is 346 g/mol. The summed E-state index contributed by atoms with van der Waals surface area (Å²) >= 11 is 0. The molecular formula is C17H23FN6O. The first-order valence-electron chi connectivity index (χ1n) is 8.33. The molecule has 25 heavy (non-hydrogen) atoms. The summed E-state index contributed by atoms with van der Waals surface area (Å²) in [5.41, 5.74) is 6.42. The van der Waals surface area contributed by atoms with Crippen LogP contribution in [0.3, 0.4) is 0 Å². The van der Waals surface area contributed by atoms with Crippen LogP contribution in [0, 0.1) is 5.82 Å². The average Bonchev–Trinajstić information content (AvgIpc) is 3.14. The second kappa shape index (κ2) is 6.51. The molecule has 0 saturated carbocycles. The molecule has 0 radical (unpaired) electrons. The molecule has 0 aliphatic carbocycles. The van der Waals surface area contributed by atoms with Crippen molar-refractivity contribution in [2.45, 2.75) is 44.7 Å². The van der Waals surface area contributed by atoms with E-state index in [-0.39, 0.29) is 35.6 Å². The van der Waals surface area contributed by atoms with Crippen LogP contribution in [0.15, 0.2) is 24.3 Å². The topological polar surface area (TPSA) is 89.9 Å². The van der Waals surface area contributed by atoms with E-state index >= 15 is 0 Å². The van der Waals surface area contributed by atoms with Crippen LogP contribution in [0.1, 0.15) is 38.1 Å². The van der Waals surface area contributed by atoms with Gasteiger partial charge in [-0.05, 0) is 37.6 Å². The van der Waals surface area contributed by atoms with E-state index in [2.05, 4.69) is 15.4 Å². The number of nitrogens with zero attached hydrogens (tertiary/aromatic N) is 5. The van der Waals surface area contributed by atoms with Gasteiger partial charge in [0.15, 0.2) is 5.82 Å². The SMILES string of the molecule is CC(C)(C)n1nnc(CC(=O)N2C[C@@H](N)[C@H](c3ccccc3F)C2)n1. The van der Waals surface area contributed by atoms with Crippen molar-refractivity contribution in [2.24, 2.45) is 5.73 Å². The van der Waals surface area contributed by atoms with Gasteiger partial charge in [0.05, 0.1) is 12.0 Å². The van der Waals surface area contributed by atoms with Crippen LogP contribution in [-0.2, 0) is 16.8 Å². The molecule has 134 valence electrons. The minimum Gasteiger partial charge on any atom is -0.340 e. The number of carbonyl (C=O) groups excluding carboxylic acids is 1. The molecule has 8 heteroatoms. The van der Waals surface area contributed by atoms with E-state index in [1.807, 2.05) is 20.8 Å². The molecule has 1 aromatic heterocycles. The number of halogens is 1. The Bertz CT molecular complexity index is 768. The van der Waals surface area contributed by atoms with Crippen molar-refractivity contribution in [3.8, 4) is 0 Å². The highest BCUT2D eigenvalue weighted by Crippen LogP contribution is 2.28. The molecule has 1 amide bonds. The number of tetrazole rings is 1. The molecule has 7 nitrogen and oxygen atoms in total. The summed E-state index contributed by atoms with van der Waals surface area (Å²) in [5, 5.41) is 12.2. The van der Waals surface area contributed by atoms with Crippen LogP contribution in [0.25, 0.3) is 0 Å². The van der Waals surface area contributed by atoms with Gasteiger partial charge in [0, 0.05) is 25.0 Å². The van der Waals surface area contributed by atoms with Crippen LogP contribution in [-0.4, -0.2) is 50.1 Å². The molecule has 0 unspecified atom stereocenters. The molecule has 2 aromatic rings. The highest BCUT2D eigenvalue weighted by atomic mass is 19.1. The van der Waals surface area contributed by atoms with E-state index in [0.29, 0.717) is 24.5 Å². The fourth-order valence-electron chi connectivity index (χ4n) is 2.98. The standard InChI is InChI=1S/C17H23FN6O/c1-17(2,3)24-21-15(20-22-24)8-16(25)23-9-12(14(19)10-23)11-6-4-5-7-13(11)18/h4-7,12,14H,8-10,19H2,1-3H3/t12-,14+/m0/s1. The molecule has 1 aliphatic rings. The summed E-state index contributed by atoms with van der Waals surface area (Å²) in [5.74, 6) is -0.235. The highest BCUT2D eigenvalue weighted by molar-refractivity contribution is 5.78. The number of nitrogens with two attached hydrogens (primary N) is 1. The third-order valence-electron chi connectivity index (χ3n) is 4.39. The van der Waals surface area contributed by atoms with Crippen LogP contribution in [0.5, 0.6) is 0 Å². The number of aromatic nitrogens is 4. The van der Waals surface area contributed by atoms with Gasteiger partial charge in [0.2, 0.25) is 5.91 Å². The number of hydrogen-bond acceptors (Lipinski definition) is 5. The third-order valence-corrected chi connectivity index (χ3v) is 4.39. The van der Waals surface area contributed by atoms with Gasteiger partial charge in [0.1, 0.15) is 5.82 Å². The Labute approximate surface area is 146 Å². The Kier molecular flexibility index (Phi) is 4.55. The minimum atomic E-state index is -0.293. The normalized spacial score (nSPS) is 20.9. The van der Waals surface area contributed by atoms with E-state index in [0.717, 1.165) is 0 Å². The Hall–Kier alpha value is -2.35. The molecule has 0 bridgehead atoms. The smallest absolute Gasteiger partial charge is 0.230 e. The maximum atomic E-state index is 14.0. The average molecular weight is 346 g/mol. The number of amides is 1. The van der Waals surface area contributed by atoms with E-state index in [1.54, 1.807) is 23.1 Å². The molecule has 0 spiro atoms. The van der Waals surface area contributed by atoms with Gasteiger partial charge in [-0.1, -0.05) is 18.2 Å². The zero-order valence-corrected chi connectivity index (χ0v) is 14.7. The first kappa shape index (κ1) is 17.5. The molecule has 2 atom stereocenters. The van der Waals surface area contributed by atoms with E-state index in [9.17, 15) is 9.18 Å². The fraction of sp³-hybridized carbons (Fsp3) is 0.529. The lowest BCUT2D eigenvalue weighted by atomic mass is 9.94. The quantitative estimate of drug-likeness (QED) is 0.898. The van der Waals surface area contributed by atoms with Crippen LogP contribution >= 0.6 is 0 Å². The molecule has 1 saturated heterocycles. The Balaban J connectivity index is 1.68. The van der Waals surface area contributed by atoms with E-state index in [4.69, 9.17) is 5.73 Å². The maximum absolute atomic E-state index is 14.0. The molecule has 3 rings (SSSR count). The summed E-state index contributed by atoms with van der Waals surface area (Å²) in [6.07, 6.45) is 0.0623. The van der Waals surface area contributed by atoms with Crippen molar-refractivity contribution in [3.63, 3.8) is 0 Å². The zero-order valence-electron chi connectivity index (χ0n) is 14.7. The van der Waals surface area contributed by atoms with Gasteiger partial charge in [0.25, 0.3) is 0 Å². The molecule has 2 heterocycles. The molecule has 2 N–H and O–H groups in total. The summed E-state index contributed by atoms with van der Waals surface area (Å²) < 4.78 is 14.0. The number of carbonyl (C=O) groups is 1. The van der Waals surface area contributed by atoms with Gasteiger partial charge in [-0.2, -0.15) is 4.80 Å². The maximum Gasteiger partial charge on any atom is 0.230 e. The van der Waals surface area contributed by atoms with Crippen molar-refractivity contribution in [1.29, 1.82) is 0 Å². The summed E-state index contributed by atoms with van der Waals surface area (Å²) in [4.78, 5) is 15.7. The summed E-state index contributed by atoms with van der Waals surface area (Å²) in [6.45, 7) is 6.66. The van der Waals surface area contributed by atoms with Crippen molar-refractivity contribution < 1.29 is 9.18 Å². The number of rotatable bonds is 3. The van der Waals surface area contributed by atoms with Crippen molar-refractivity contribution >= 4 is 5.91 Å². The lowest BCUT2D eigenvalue weighted by Gasteiger charge is -2.16. The van der Waals surface area contributed by atoms with Gasteiger partial charge in [-0.15, -0.1) is 10.2 Å². The van der Waals surface area contributed by atoms with E-state index in [1.165, 1.54) is 10.9 Å². The zero-order chi connectivity index (χ0) is 18.2. The molecule has 1 fully saturated rings. The summed E-state index contributed by atoms with van der Waals surface area (Å²) in [6, 6.07) is 6.28. The molecular weight excluding hydrogens is 323 g/mol. The number of hydrogen-bond donors (Lipinski definition) is 1. The van der Waals surface area contributed by atoms with Gasteiger partial charge < -0.3 is 10.6 Å². The van der Waals surface area contributed by atoms with Gasteiger partial charge >= 0.3 is 0 Å². The lowest BCUT2D eigenvalue weighted by molar-refractivity contribution is -0.129. The number of benzene rings is 1. The fourth-order valence-corrected chi connectivity index (χ4v) is 2.98. The predicted octanol–water partition coefficient (Wildman–Crippen LogP) is 1.06.